The summed E-state index contributed by atoms with van der Waals surface area (Å²) >= 11 is 0. The number of ether oxygens (including phenoxy) is 3. The van der Waals surface area contributed by atoms with Crippen LogP contribution in [0, 0.1) is 29.1 Å². The number of hydrogen-bond donors (Lipinski definition) is 0. The SMILES string of the molecule is CCCCCCOC(=O)CCC(=O)OCCOc1c(F)c(F)c(F)c(F)c1F. The van der Waals surface area contributed by atoms with Crippen molar-refractivity contribution in [3.63, 3.8) is 0 Å². The van der Waals surface area contributed by atoms with Crippen LogP contribution in [0.1, 0.15) is 45.4 Å². The second kappa shape index (κ2) is 12.1. The van der Waals surface area contributed by atoms with E-state index in [4.69, 9.17) is 4.74 Å². The van der Waals surface area contributed by atoms with Crippen molar-refractivity contribution in [2.24, 2.45) is 0 Å². The van der Waals surface area contributed by atoms with Gasteiger partial charge in [-0.25, -0.2) is 13.2 Å². The standard InChI is InChI=1S/C18H21F5O5/c1-2-3-4-5-8-26-11(24)6-7-12(25)27-9-10-28-18-16(22)14(20)13(19)15(21)17(18)23/h2-10H2,1H3. The first kappa shape index (κ1) is 23.6. The fourth-order valence-corrected chi connectivity index (χ4v) is 2.07. The molecule has 0 atom stereocenters. The number of rotatable bonds is 12. The van der Waals surface area contributed by atoms with Gasteiger partial charge in [-0.2, -0.15) is 8.78 Å². The van der Waals surface area contributed by atoms with Crippen molar-refractivity contribution in [2.75, 3.05) is 19.8 Å². The Labute approximate surface area is 158 Å². The van der Waals surface area contributed by atoms with E-state index < -0.39 is 60.0 Å². The largest absolute Gasteiger partial charge is 0.484 e. The number of hydrogen-bond acceptors (Lipinski definition) is 5. The van der Waals surface area contributed by atoms with E-state index in [9.17, 15) is 31.5 Å². The molecule has 158 valence electrons. The summed E-state index contributed by atoms with van der Waals surface area (Å²) in [4.78, 5) is 22.9. The lowest BCUT2D eigenvalue weighted by atomic mass is 10.2. The molecular weight excluding hydrogens is 391 g/mol. The van der Waals surface area contributed by atoms with E-state index in [0.29, 0.717) is 0 Å². The van der Waals surface area contributed by atoms with Crippen molar-refractivity contribution in [1.82, 2.24) is 0 Å². The zero-order valence-electron chi connectivity index (χ0n) is 15.3. The van der Waals surface area contributed by atoms with Gasteiger partial charge in [-0.1, -0.05) is 26.2 Å². The van der Waals surface area contributed by atoms with Crippen molar-refractivity contribution in [3.8, 4) is 5.75 Å². The lowest BCUT2D eigenvalue weighted by Crippen LogP contribution is -2.16. The summed E-state index contributed by atoms with van der Waals surface area (Å²) in [7, 11) is 0. The maximum absolute atomic E-state index is 13.4. The maximum atomic E-state index is 13.4. The normalized spacial score (nSPS) is 10.6. The Morgan fingerprint density at radius 2 is 1.18 bits per heavy atom. The molecule has 0 aliphatic heterocycles. The van der Waals surface area contributed by atoms with Crippen LogP contribution in [-0.2, 0) is 19.1 Å². The van der Waals surface area contributed by atoms with Gasteiger partial charge < -0.3 is 14.2 Å². The minimum Gasteiger partial charge on any atom is -0.484 e. The third kappa shape index (κ3) is 7.32. The number of carbonyl (C=O) groups is 2. The maximum Gasteiger partial charge on any atom is 0.306 e. The Balaban J connectivity index is 2.28. The van der Waals surface area contributed by atoms with Gasteiger partial charge in [-0.15, -0.1) is 0 Å². The topological polar surface area (TPSA) is 61.8 Å². The van der Waals surface area contributed by atoms with Gasteiger partial charge in [0.05, 0.1) is 19.4 Å². The van der Waals surface area contributed by atoms with Crippen LogP contribution >= 0.6 is 0 Å². The lowest BCUT2D eigenvalue weighted by molar-refractivity contribution is -0.150. The highest BCUT2D eigenvalue weighted by atomic mass is 19.2. The van der Waals surface area contributed by atoms with Crippen LogP contribution in [-0.4, -0.2) is 31.8 Å². The predicted octanol–water partition coefficient (Wildman–Crippen LogP) is 4.21. The predicted molar refractivity (Wildman–Crippen MR) is 87.0 cm³/mol. The first-order valence-electron chi connectivity index (χ1n) is 8.75. The molecule has 0 spiro atoms. The summed E-state index contributed by atoms with van der Waals surface area (Å²) < 4.78 is 79.7. The molecule has 0 amide bonds. The molecule has 1 rings (SSSR count). The molecule has 5 nitrogen and oxygen atoms in total. The van der Waals surface area contributed by atoms with Gasteiger partial charge in [0, 0.05) is 0 Å². The minimum atomic E-state index is -2.30. The summed E-state index contributed by atoms with van der Waals surface area (Å²) in [6.07, 6.45) is 3.28. The van der Waals surface area contributed by atoms with Gasteiger partial charge in [0.1, 0.15) is 13.2 Å². The van der Waals surface area contributed by atoms with Crippen LogP contribution < -0.4 is 4.74 Å². The summed E-state index contributed by atoms with van der Waals surface area (Å²) in [6, 6.07) is 0. The van der Waals surface area contributed by atoms with E-state index >= 15 is 0 Å². The van der Waals surface area contributed by atoms with Crippen LogP contribution in [0.4, 0.5) is 22.0 Å². The molecule has 1 aromatic rings. The zero-order chi connectivity index (χ0) is 21.1. The molecule has 0 aromatic heterocycles. The Bertz CT molecular complexity index is 652. The molecule has 10 heteroatoms. The van der Waals surface area contributed by atoms with Gasteiger partial charge in [0.2, 0.25) is 29.1 Å². The van der Waals surface area contributed by atoms with E-state index in [2.05, 4.69) is 9.47 Å². The molecule has 28 heavy (non-hydrogen) atoms. The third-order valence-electron chi connectivity index (χ3n) is 3.56. The molecule has 0 heterocycles. The van der Waals surface area contributed by atoms with Crippen molar-refractivity contribution >= 4 is 11.9 Å². The van der Waals surface area contributed by atoms with Crippen LogP contribution in [0.2, 0.25) is 0 Å². The Hall–Kier alpha value is -2.39. The Morgan fingerprint density at radius 1 is 0.679 bits per heavy atom. The van der Waals surface area contributed by atoms with Gasteiger partial charge >= 0.3 is 11.9 Å². The molecule has 0 bridgehead atoms. The van der Waals surface area contributed by atoms with Crippen molar-refractivity contribution in [3.05, 3.63) is 29.1 Å². The molecule has 0 aliphatic carbocycles. The highest BCUT2D eigenvalue weighted by Crippen LogP contribution is 2.28. The van der Waals surface area contributed by atoms with Crippen LogP contribution in [0.15, 0.2) is 0 Å². The molecule has 0 radical (unpaired) electrons. The number of esters is 2. The molecule has 0 saturated heterocycles. The molecule has 1 aromatic carbocycles. The van der Waals surface area contributed by atoms with E-state index in [0.717, 1.165) is 25.7 Å². The molecule has 0 aliphatic rings. The third-order valence-corrected chi connectivity index (χ3v) is 3.56. The highest BCUT2D eigenvalue weighted by Gasteiger charge is 2.27. The van der Waals surface area contributed by atoms with Crippen LogP contribution in [0.25, 0.3) is 0 Å². The summed E-state index contributed by atoms with van der Waals surface area (Å²) in [5.41, 5.74) is 0. The van der Waals surface area contributed by atoms with Crippen molar-refractivity contribution in [1.29, 1.82) is 0 Å². The van der Waals surface area contributed by atoms with Crippen molar-refractivity contribution < 1.29 is 45.8 Å². The lowest BCUT2D eigenvalue weighted by Gasteiger charge is -2.10. The summed E-state index contributed by atoms with van der Waals surface area (Å²) in [5.74, 6) is -13.6. The van der Waals surface area contributed by atoms with E-state index in [1.54, 1.807) is 0 Å². The molecule has 0 N–H and O–H groups in total. The molecule has 0 unspecified atom stereocenters. The first-order chi connectivity index (χ1) is 13.3. The average Bonchev–Trinajstić information content (AvgIpc) is 2.68. The Morgan fingerprint density at radius 3 is 1.71 bits per heavy atom. The van der Waals surface area contributed by atoms with E-state index in [1.165, 1.54) is 0 Å². The molecule has 0 saturated carbocycles. The first-order valence-corrected chi connectivity index (χ1v) is 8.75. The Kier molecular flexibility index (Phi) is 10.3. The molecule has 0 fully saturated rings. The van der Waals surface area contributed by atoms with Crippen LogP contribution in [0.3, 0.4) is 0 Å². The number of unbranched alkanes of at least 4 members (excludes halogenated alkanes) is 3. The zero-order valence-corrected chi connectivity index (χ0v) is 15.3. The van der Waals surface area contributed by atoms with Gasteiger partial charge in [-0.05, 0) is 6.42 Å². The smallest absolute Gasteiger partial charge is 0.306 e. The summed E-state index contributed by atoms with van der Waals surface area (Å²) in [5, 5.41) is 0. The van der Waals surface area contributed by atoms with E-state index in [-0.39, 0.29) is 19.4 Å². The monoisotopic (exact) mass is 412 g/mol. The number of halogens is 5. The highest BCUT2D eigenvalue weighted by molar-refractivity contribution is 5.77. The minimum absolute atomic E-state index is 0.203. The number of benzene rings is 1. The van der Waals surface area contributed by atoms with Crippen LogP contribution in [0.5, 0.6) is 5.75 Å². The quantitative estimate of drug-likeness (QED) is 0.169. The van der Waals surface area contributed by atoms with Gasteiger partial charge in [-0.3, -0.25) is 9.59 Å². The fourth-order valence-electron chi connectivity index (χ4n) is 2.07. The second-order valence-electron chi connectivity index (χ2n) is 5.75. The molecular formula is C18H21F5O5. The summed E-state index contributed by atoms with van der Waals surface area (Å²) in [6.45, 7) is 1.16. The van der Waals surface area contributed by atoms with Crippen molar-refractivity contribution in [2.45, 2.75) is 45.4 Å². The number of carbonyl (C=O) groups excluding carboxylic acids is 2. The van der Waals surface area contributed by atoms with Gasteiger partial charge in [0.25, 0.3) is 0 Å². The second-order valence-corrected chi connectivity index (χ2v) is 5.75. The van der Waals surface area contributed by atoms with Gasteiger partial charge in [0.15, 0.2) is 5.75 Å². The average molecular weight is 412 g/mol. The van der Waals surface area contributed by atoms with E-state index in [1.807, 2.05) is 6.92 Å². The fraction of sp³-hybridized carbons (Fsp3) is 0.556.